The molecule has 10 heteroatoms. The van der Waals surface area contributed by atoms with E-state index < -0.39 is 9.84 Å². The van der Waals surface area contributed by atoms with Gasteiger partial charge in [0.15, 0.2) is 9.84 Å². The first-order valence-electron chi connectivity index (χ1n) is 8.20. The number of allylic oxidation sites excluding steroid dienone is 1. The van der Waals surface area contributed by atoms with Gasteiger partial charge in [0.1, 0.15) is 5.83 Å². The van der Waals surface area contributed by atoms with E-state index >= 15 is 0 Å². The van der Waals surface area contributed by atoms with E-state index in [2.05, 4.69) is 4.98 Å². The van der Waals surface area contributed by atoms with Gasteiger partial charge < -0.3 is 10.3 Å². The number of halogens is 4. The molecule has 0 radical (unpaired) electrons. The van der Waals surface area contributed by atoms with E-state index in [9.17, 15) is 12.8 Å². The van der Waals surface area contributed by atoms with Crippen molar-refractivity contribution in [3.8, 4) is 11.1 Å². The molecule has 1 aromatic carbocycles. The number of aromatic nitrogens is 2. The van der Waals surface area contributed by atoms with E-state index in [0.717, 1.165) is 28.4 Å². The van der Waals surface area contributed by atoms with Gasteiger partial charge in [-0.1, -0.05) is 11.6 Å². The van der Waals surface area contributed by atoms with Gasteiger partial charge in [-0.3, -0.25) is 4.98 Å². The summed E-state index contributed by atoms with van der Waals surface area (Å²) in [4.78, 5) is 4.20. The highest BCUT2D eigenvalue weighted by atomic mass is 35.5. The third kappa shape index (κ3) is 5.29. The zero-order chi connectivity index (χ0) is 19.8. The molecule has 0 saturated carbocycles. The lowest BCUT2D eigenvalue weighted by Crippen LogP contribution is -2.03. The molecule has 3 aromatic rings. The lowest BCUT2D eigenvalue weighted by atomic mass is 10.0. The lowest BCUT2D eigenvalue weighted by molar-refractivity contribution is 0.555. The zero-order valence-corrected chi connectivity index (χ0v) is 18.9. The van der Waals surface area contributed by atoms with Crippen LogP contribution < -0.4 is 5.73 Å². The summed E-state index contributed by atoms with van der Waals surface area (Å²) < 4.78 is 39.8. The highest BCUT2D eigenvalue weighted by Gasteiger charge is 2.19. The second kappa shape index (κ2) is 9.91. The molecule has 0 aliphatic heterocycles. The summed E-state index contributed by atoms with van der Waals surface area (Å²) in [6.07, 6.45) is 5.36. The van der Waals surface area contributed by atoms with Crippen molar-refractivity contribution >= 4 is 57.2 Å². The van der Waals surface area contributed by atoms with Crippen LogP contribution in [-0.4, -0.2) is 30.8 Å². The Hall–Kier alpha value is -1.64. The second-order valence-corrected chi connectivity index (χ2v) is 8.73. The third-order valence-electron chi connectivity index (χ3n) is 4.36. The van der Waals surface area contributed by atoms with Gasteiger partial charge in [0.05, 0.1) is 11.4 Å². The van der Waals surface area contributed by atoms with Crippen molar-refractivity contribution in [2.75, 3.05) is 12.8 Å². The van der Waals surface area contributed by atoms with Crippen LogP contribution in [0.5, 0.6) is 0 Å². The Balaban J connectivity index is 0.00000210. The average molecular weight is 481 g/mol. The van der Waals surface area contributed by atoms with Crippen LogP contribution in [0, 0.1) is 6.92 Å². The number of nitrogens with zero attached hydrogens (tertiary/aromatic N) is 2. The van der Waals surface area contributed by atoms with Crippen molar-refractivity contribution in [2.24, 2.45) is 5.73 Å². The zero-order valence-electron chi connectivity index (χ0n) is 15.7. The molecule has 2 N–H and O–H groups in total. The molecule has 2 heterocycles. The maximum atomic E-state index is 14.2. The number of benzene rings is 1. The molecule has 0 bridgehead atoms. The van der Waals surface area contributed by atoms with E-state index in [-0.39, 0.29) is 48.6 Å². The molecular formula is C19H21Cl3FN3O2S. The molecule has 5 nitrogen and oxygen atoms in total. The van der Waals surface area contributed by atoms with E-state index in [1.807, 2.05) is 17.6 Å². The van der Waals surface area contributed by atoms with Crippen molar-refractivity contribution < 1.29 is 12.8 Å². The van der Waals surface area contributed by atoms with E-state index in [0.29, 0.717) is 10.6 Å². The topological polar surface area (TPSA) is 78.0 Å². The Bertz CT molecular complexity index is 1160. The molecule has 0 spiro atoms. The number of nitrogens with two attached hydrogens (primary N) is 1. The predicted molar refractivity (Wildman–Crippen MR) is 121 cm³/mol. The summed E-state index contributed by atoms with van der Waals surface area (Å²) in [7, 11) is -3.41. The molecule has 0 aliphatic carbocycles. The lowest BCUT2D eigenvalue weighted by Gasteiger charge is -2.08. The van der Waals surface area contributed by atoms with Crippen molar-refractivity contribution in [3.05, 3.63) is 59.3 Å². The predicted octanol–water partition coefficient (Wildman–Crippen LogP) is 4.72. The number of fused-ring (bicyclic) bond motifs is 1. The van der Waals surface area contributed by atoms with Gasteiger partial charge in [0.2, 0.25) is 0 Å². The molecule has 0 atom stereocenters. The Morgan fingerprint density at radius 2 is 1.97 bits per heavy atom. The molecule has 158 valence electrons. The minimum Gasteiger partial charge on any atom is -0.337 e. The summed E-state index contributed by atoms with van der Waals surface area (Å²) in [5, 5.41) is 1.33. The van der Waals surface area contributed by atoms with Crippen LogP contribution in [0.25, 0.3) is 22.0 Å². The Morgan fingerprint density at radius 1 is 1.28 bits per heavy atom. The highest BCUT2D eigenvalue weighted by Crippen LogP contribution is 2.37. The van der Waals surface area contributed by atoms with Crippen molar-refractivity contribution in [3.63, 3.8) is 0 Å². The molecule has 0 fully saturated rings. The number of hydrogen-bond donors (Lipinski definition) is 1. The van der Waals surface area contributed by atoms with Crippen LogP contribution in [0.2, 0.25) is 5.02 Å². The van der Waals surface area contributed by atoms with Gasteiger partial charge in [-0.15, -0.1) is 24.8 Å². The summed E-state index contributed by atoms with van der Waals surface area (Å²) in [6.45, 7) is 2.00. The Labute approximate surface area is 186 Å². The molecule has 0 aliphatic rings. The fraction of sp³-hybridized carbons (Fsp3) is 0.211. The Morgan fingerprint density at radius 3 is 2.59 bits per heavy atom. The van der Waals surface area contributed by atoms with Crippen LogP contribution in [0.1, 0.15) is 5.69 Å². The van der Waals surface area contributed by atoms with Crippen LogP contribution in [0.4, 0.5) is 4.39 Å². The summed E-state index contributed by atoms with van der Waals surface area (Å²) in [6, 6.07) is 6.91. The second-order valence-electron chi connectivity index (χ2n) is 6.28. The van der Waals surface area contributed by atoms with Crippen LogP contribution in [0.15, 0.2) is 53.5 Å². The van der Waals surface area contributed by atoms with Gasteiger partial charge in [-0.2, -0.15) is 0 Å². The number of pyridine rings is 1. The monoisotopic (exact) mass is 479 g/mol. The van der Waals surface area contributed by atoms with Crippen molar-refractivity contribution in [1.29, 1.82) is 0 Å². The van der Waals surface area contributed by atoms with Gasteiger partial charge in [0.25, 0.3) is 0 Å². The highest BCUT2D eigenvalue weighted by molar-refractivity contribution is 7.90. The average Bonchev–Trinajstić information content (AvgIpc) is 2.86. The molecule has 3 rings (SSSR count). The fourth-order valence-electron chi connectivity index (χ4n) is 3.12. The Kier molecular flexibility index (Phi) is 8.68. The standard InChI is InChI=1S/C19H19ClFN3O2S.2ClH/c1-12-19(13-7-16(10-23-9-13)27(2,25)26)17-8-14(20)3-4-18(17)24(12)11-15(21)5-6-22;;/h3-5,7-10H,6,11,22H2,1-2H3;2*1H/b15-5-;;. The van der Waals surface area contributed by atoms with Gasteiger partial charge in [-0.05, 0) is 37.3 Å². The first kappa shape index (κ1) is 25.4. The van der Waals surface area contributed by atoms with E-state index in [4.69, 9.17) is 17.3 Å². The molecule has 0 saturated heterocycles. The fourth-order valence-corrected chi connectivity index (χ4v) is 3.89. The normalized spacial score (nSPS) is 11.8. The molecule has 2 aromatic heterocycles. The first-order chi connectivity index (χ1) is 12.7. The van der Waals surface area contributed by atoms with Crippen LogP contribution >= 0.6 is 36.4 Å². The maximum absolute atomic E-state index is 14.2. The number of rotatable bonds is 5. The summed E-state index contributed by atoms with van der Waals surface area (Å²) in [5.41, 5.74) is 8.36. The minimum atomic E-state index is -3.41. The van der Waals surface area contributed by atoms with Crippen molar-refractivity contribution in [1.82, 2.24) is 9.55 Å². The smallest absolute Gasteiger partial charge is 0.177 e. The number of sulfone groups is 1. The SMILES string of the molecule is Cc1c(-c2cncc(S(C)(=O)=O)c2)c2cc(Cl)ccc2n1C/C(F)=C/CN.Cl.Cl. The molecule has 0 amide bonds. The van der Waals surface area contributed by atoms with Gasteiger partial charge in [-0.25, -0.2) is 12.8 Å². The first-order valence-corrected chi connectivity index (χ1v) is 10.5. The summed E-state index contributed by atoms with van der Waals surface area (Å²) >= 11 is 6.18. The minimum absolute atomic E-state index is 0. The molecule has 0 unspecified atom stereocenters. The van der Waals surface area contributed by atoms with Crippen LogP contribution in [-0.2, 0) is 16.4 Å². The van der Waals surface area contributed by atoms with Crippen molar-refractivity contribution in [2.45, 2.75) is 18.4 Å². The third-order valence-corrected chi connectivity index (χ3v) is 5.68. The van der Waals surface area contributed by atoms with Gasteiger partial charge in [0, 0.05) is 57.9 Å². The van der Waals surface area contributed by atoms with Crippen LogP contribution in [0.3, 0.4) is 0 Å². The van der Waals surface area contributed by atoms with E-state index in [1.165, 1.54) is 12.3 Å². The molecular weight excluding hydrogens is 460 g/mol. The van der Waals surface area contributed by atoms with E-state index in [1.54, 1.807) is 24.4 Å². The largest absolute Gasteiger partial charge is 0.337 e. The maximum Gasteiger partial charge on any atom is 0.177 e. The van der Waals surface area contributed by atoms with Gasteiger partial charge >= 0.3 is 0 Å². The quantitative estimate of drug-likeness (QED) is 0.573. The number of hydrogen-bond acceptors (Lipinski definition) is 4. The molecule has 29 heavy (non-hydrogen) atoms. The summed E-state index contributed by atoms with van der Waals surface area (Å²) in [5.74, 6) is -0.345.